The molecule has 36 heavy (non-hydrogen) atoms. The topological polar surface area (TPSA) is 113 Å². The Bertz CT molecular complexity index is 1230. The Kier molecular flexibility index (Phi) is 8.15. The van der Waals surface area contributed by atoms with Crippen molar-refractivity contribution >= 4 is 17.7 Å². The van der Waals surface area contributed by atoms with Gasteiger partial charge in [0.25, 0.3) is 11.8 Å². The first-order valence-corrected chi connectivity index (χ1v) is 12.4. The van der Waals surface area contributed by atoms with Crippen molar-refractivity contribution in [1.82, 2.24) is 20.9 Å². The number of hydrogen-bond acceptors (Lipinski definition) is 5. The van der Waals surface area contributed by atoms with Gasteiger partial charge < -0.3 is 20.4 Å². The van der Waals surface area contributed by atoms with E-state index in [2.05, 4.69) is 20.9 Å². The van der Waals surface area contributed by atoms with E-state index < -0.39 is 11.9 Å². The number of carbonyl (C=O) groups is 3. The standard InChI is InChI=1S/C28H32N4O4/c1-18-13-22(17-30-15-18)26(33)31-16-19-7-6-10-21(14-19)23-11-12-24(36-23)27(34)32-25(28(35)29-2)20-8-4-3-5-9-20/h6-7,10-15,17,20,25H,3-5,8-9,16H2,1-2H3,(H,29,35)(H,31,33)(H,32,34). The lowest BCUT2D eigenvalue weighted by atomic mass is 9.83. The maximum absolute atomic E-state index is 12.9. The van der Waals surface area contributed by atoms with Crippen LogP contribution in [0.1, 0.15) is 64.1 Å². The second kappa shape index (κ2) is 11.7. The van der Waals surface area contributed by atoms with Gasteiger partial charge in [0.1, 0.15) is 11.8 Å². The second-order valence-electron chi connectivity index (χ2n) is 9.26. The Morgan fingerprint density at radius 1 is 1.03 bits per heavy atom. The molecule has 0 saturated heterocycles. The lowest BCUT2D eigenvalue weighted by molar-refractivity contribution is -0.124. The van der Waals surface area contributed by atoms with E-state index in [0.29, 0.717) is 17.9 Å². The van der Waals surface area contributed by atoms with Crippen molar-refractivity contribution in [1.29, 1.82) is 0 Å². The molecule has 2 aromatic heterocycles. The van der Waals surface area contributed by atoms with Gasteiger partial charge in [-0.2, -0.15) is 0 Å². The van der Waals surface area contributed by atoms with Crippen molar-refractivity contribution in [3.63, 3.8) is 0 Å². The Labute approximate surface area is 210 Å². The molecule has 1 aliphatic rings. The minimum atomic E-state index is -0.577. The van der Waals surface area contributed by atoms with Gasteiger partial charge in [-0.3, -0.25) is 19.4 Å². The van der Waals surface area contributed by atoms with Crippen molar-refractivity contribution in [2.24, 2.45) is 5.92 Å². The van der Waals surface area contributed by atoms with Crippen LogP contribution in [0.3, 0.4) is 0 Å². The van der Waals surface area contributed by atoms with E-state index in [9.17, 15) is 14.4 Å². The summed E-state index contributed by atoms with van der Waals surface area (Å²) in [5.74, 6) is 0.0244. The Balaban J connectivity index is 1.41. The van der Waals surface area contributed by atoms with Crippen LogP contribution in [0, 0.1) is 12.8 Å². The number of amides is 3. The highest BCUT2D eigenvalue weighted by Crippen LogP contribution is 2.28. The minimum Gasteiger partial charge on any atom is -0.451 e. The van der Waals surface area contributed by atoms with Gasteiger partial charge in [0, 0.05) is 31.5 Å². The fourth-order valence-corrected chi connectivity index (χ4v) is 4.65. The predicted octanol–water partition coefficient (Wildman–Crippen LogP) is 4.00. The molecule has 1 saturated carbocycles. The molecule has 3 aromatic rings. The van der Waals surface area contributed by atoms with Crippen molar-refractivity contribution in [2.75, 3.05) is 7.05 Å². The molecule has 2 heterocycles. The maximum atomic E-state index is 12.9. The normalized spacial score (nSPS) is 14.6. The fourth-order valence-electron chi connectivity index (χ4n) is 4.65. The van der Waals surface area contributed by atoms with Crippen LogP contribution >= 0.6 is 0 Å². The summed E-state index contributed by atoms with van der Waals surface area (Å²) in [5, 5.41) is 8.46. The maximum Gasteiger partial charge on any atom is 0.287 e. The summed E-state index contributed by atoms with van der Waals surface area (Å²) < 4.78 is 5.86. The van der Waals surface area contributed by atoms with E-state index in [4.69, 9.17) is 4.42 Å². The number of benzene rings is 1. The Hall–Kier alpha value is -3.94. The summed E-state index contributed by atoms with van der Waals surface area (Å²) >= 11 is 0. The molecule has 1 fully saturated rings. The number of carbonyl (C=O) groups excluding carboxylic acids is 3. The van der Waals surface area contributed by atoms with Crippen LogP contribution in [0.4, 0.5) is 0 Å². The molecule has 8 heteroatoms. The molecule has 1 aliphatic carbocycles. The average molecular weight is 489 g/mol. The zero-order chi connectivity index (χ0) is 25.5. The van der Waals surface area contributed by atoms with Crippen LogP contribution in [0.5, 0.6) is 0 Å². The van der Waals surface area contributed by atoms with E-state index in [-0.39, 0.29) is 23.5 Å². The monoisotopic (exact) mass is 488 g/mol. The number of aromatic nitrogens is 1. The summed E-state index contributed by atoms with van der Waals surface area (Å²) in [4.78, 5) is 41.9. The molecule has 0 radical (unpaired) electrons. The van der Waals surface area contributed by atoms with Gasteiger partial charge in [0.2, 0.25) is 5.91 Å². The molecule has 0 aliphatic heterocycles. The lowest BCUT2D eigenvalue weighted by Gasteiger charge is -2.29. The lowest BCUT2D eigenvalue weighted by Crippen LogP contribution is -2.50. The van der Waals surface area contributed by atoms with Gasteiger partial charge in [-0.25, -0.2) is 0 Å². The van der Waals surface area contributed by atoms with Crippen molar-refractivity contribution in [2.45, 2.75) is 51.6 Å². The molecule has 4 rings (SSSR count). The Morgan fingerprint density at radius 2 is 1.83 bits per heavy atom. The average Bonchev–Trinajstić information content (AvgIpc) is 3.41. The number of nitrogens with one attached hydrogen (secondary N) is 3. The molecule has 1 unspecified atom stereocenters. The number of nitrogens with zero attached hydrogens (tertiary/aromatic N) is 1. The van der Waals surface area contributed by atoms with Crippen molar-refractivity contribution < 1.29 is 18.8 Å². The zero-order valence-corrected chi connectivity index (χ0v) is 20.7. The van der Waals surface area contributed by atoms with Crippen molar-refractivity contribution in [3.8, 4) is 11.3 Å². The van der Waals surface area contributed by atoms with Crippen LogP contribution in [-0.2, 0) is 11.3 Å². The van der Waals surface area contributed by atoms with E-state index in [1.807, 2.05) is 31.2 Å². The van der Waals surface area contributed by atoms with Crippen LogP contribution in [0.25, 0.3) is 11.3 Å². The Morgan fingerprint density at radius 3 is 2.58 bits per heavy atom. The van der Waals surface area contributed by atoms with Gasteiger partial charge in [-0.15, -0.1) is 0 Å². The SMILES string of the molecule is CNC(=O)C(NC(=O)c1ccc(-c2cccc(CNC(=O)c3cncc(C)c3)c2)o1)C1CCCCC1. The minimum absolute atomic E-state index is 0.125. The quantitative estimate of drug-likeness (QED) is 0.444. The first-order valence-electron chi connectivity index (χ1n) is 12.4. The molecule has 1 aromatic carbocycles. The summed E-state index contributed by atoms with van der Waals surface area (Å²) in [6.07, 6.45) is 8.38. The number of hydrogen-bond donors (Lipinski definition) is 3. The van der Waals surface area contributed by atoms with Crippen LogP contribution in [0.2, 0.25) is 0 Å². The molecular formula is C28H32N4O4. The second-order valence-corrected chi connectivity index (χ2v) is 9.26. The van der Waals surface area contributed by atoms with Gasteiger partial charge in [0.05, 0.1) is 5.56 Å². The molecule has 3 amide bonds. The summed E-state index contributed by atoms with van der Waals surface area (Å²) in [5.41, 5.74) is 3.10. The third-order valence-corrected chi connectivity index (χ3v) is 6.57. The molecule has 188 valence electrons. The third kappa shape index (κ3) is 6.19. The van der Waals surface area contributed by atoms with Gasteiger partial charge in [-0.05, 0) is 61.1 Å². The van der Waals surface area contributed by atoms with E-state index in [1.54, 1.807) is 31.4 Å². The van der Waals surface area contributed by atoms with Gasteiger partial charge in [-0.1, -0.05) is 37.5 Å². The number of pyridine rings is 1. The third-order valence-electron chi connectivity index (χ3n) is 6.57. The highest BCUT2D eigenvalue weighted by atomic mass is 16.4. The van der Waals surface area contributed by atoms with E-state index in [1.165, 1.54) is 12.6 Å². The smallest absolute Gasteiger partial charge is 0.287 e. The highest BCUT2D eigenvalue weighted by Gasteiger charge is 2.31. The fraction of sp³-hybridized carbons (Fsp3) is 0.357. The van der Waals surface area contributed by atoms with Crippen LogP contribution < -0.4 is 16.0 Å². The number of rotatable bonds is 8. The first kappa shape index (κ1) is 25.2. The molecule has 3 N–H and O–H groups in total. The first-order chi connectivity index (χ1) is 17.4. The molecular weight excluding hydrogens is 456 g/mol. The molecule has 0 bridgehead atoms. The van der Waals surface area contributed by atoms with E-state index >= 15 is 0 Å². The largest absolute Gasteiger partial charge is 0.451 e. The van der Waals surface area contributed by atoms with E-state index in [0.717, 1.165) is 42.4 Å². The number of aryl methyl sites for hydroxylation is 1. The summed E-state index contributed by atoms with van der Waals surface area (Å²) in [7, 11) is 1.59. The summed E-state index contributed by atoms with van der Waals surface area (Å²) in [6, 6.07) is 12.1. The number of furan rings is 1. The molecule has 1 atom stereocenters. The van der Waals surface area contributed by atoms with Crippen LogP contribution in [-0.4, -0.2) is 35.8 Å². The molecule has 8 nitrogen and oxygen atoms in total. The highest BCUT2D eigenvalue weighted by molar-refractivity contribution is 5.96. The predicted molar refractivity (Wildman–Crippen MR) is 136 cm³/mol. The van der Waals surface area contributed by atoms with Crippen molar-refractivity contribution in [3.05, 3.63) is 77.3 Å². The van der Waals surface area contributed by atoms with Gasteiger partial charge in [0.15, 0.2) is 5.76 Å². The molecule has 0 spiro atoms. The van der Waals surface area contributed by atoms with Gasteiger partial charge >= 0.3 is 0 Å². The zero-order valence-electron chi connectivity index (χ0n) is 20.7. The number of likely N-dealkylation sites (N-methyl/N-ethyl adjacent to an activating group) is 1. The van der Waals surface area contributed by atoms with Crippen LogP contribution in [0.15, 0.2) is 59.3 Å². The summed E-state index contributed by atoms with van der Waals surface area (Å²) in [6.45, 7) is 2.23.